The molecule has 0 spiro atoms. The number of likely N-dealkylation sites (tertiary alicyclic amines) is 2. The van der Waals surface area contributed by atoms with Crippen molar-refractivity contribution in [2.24, 2.45) is 11.3 Å². The van der Waals surface area contributed by atoms with E-state index in [1.54, 1.807) is 6.07 Å². The second-order valence-electron chi connectivity index (χ2n) is 11.5. The topological polar surface area (TPSA) is 53.0 Å². The minimum atomic E-state index is -4.17. The molecule has 1 aliphatic carbocycles. The molecule has 10 heteroatoms. The van der Waals surface area contributed by atoms with Crippen LogP contribution < -0.4 is 4.74 Å². The van der Waals surface area contributed by atoms with Gasteiger partial charge >= 0.3 is 6.18 Å². The van der Waals surface area contributed by atoms with Crippen molar-refractivity contribution in [2.75, 3.05) is 39.3 Å². The summed E-state index contributed by atoms with van der Waals surface area (Å²) in [6.45, 7) is 2.14. The lowest BCUT2D eigenvalue weighted by atomic mass is 9.67. The van der Waals surface area contributed by atoms with E-state index in [0.717, 1.165) is 6.07 Å². The molecule has 40 heavy (non-hydrogen) atoms. The third-order valence-corrected chi connectivity index (χ3v) is 8.76. The molecule has 1 amide bonds. The van der Waals surface area contributed by atoms with E-state index < -0.39 is 29.3 Å². The van der Waals surface area contributed by atoms with Crippen LogP contribution in [0.3, 0.4) is 0 Å². The maximum Gasteiger partial charge on any atom is 0.395 e. The predicted octanol–water partition coefficient (Wildman–Crippen LogP) is 6.05. The summed E-state index contributed by atoms with van der Waals surface area (Å²) in [5, 5.41) is 9.82. The zero-order chi connectivity index (χ0) is 28.5. The van der Waals surface area contributed by atoms with E-state index in [1.165, 1.54) is 29.2 Å². The monoisotopic (exact) mass is 566 g/mol. The Balaban J connectivity index is 1.14. The first kappa shape index (κ1) is 28.8. The number of benzene rings is 2. The Morgan fingerprint density at radius 2 is 1.73 bits per heavy atom. The highest BCUT2D eigenvalue weighted by molar-refractivity contribution is 5.95. The van der Waals surface area contributed by atoms with Gasteiger partial charge in [-0.15, -0.1) is 0 Å². The SMILES string of the molecule is O=C(c1ccc(-c2ccc(OCC3CCN(CC4(C(F)(F)F)CCC4)CC3)c(F)c2)c(F)c1)N1CCCC(O)C1. The minimum Gasteiger partial charge on any atom is -0.490 e. The fourth-order valence-electron chi connectivity index (χ4n) is 6.07. The normalized spacial score (nSPS) is 22.1. The molecule has 5 nitrogen and oxygen atoms in total. The Hall–Kier alpha value is -2.72. The van der Waals surface area contributed by atoms with Crippen molar-refractivity contribution in [3.05, 3.63) is 53.6 Å². The average molecular weight is 567 g/mol. The zero-order valence-corrected chi connectivity index (χ0v) is 22.4. The van der Waals surface area contributed by atoms with Crippen LogP contribution in [0.4, 0.5) is 22.0 Å². The number of nitrogens with zero attached hydrogens (tertiary/aromatic N) is 2. The van der Waals surface area contributed by atoms with Gasteiger partial charge in [-0.2, -0.15) is 13.2 Å². The number of aliphatic hydroxyl groups excluding tert-OH is 1. The van der Waals surface area contributed by atoms with Gasteiger partial charge in [0.05, 0.1) is 18.1 Å². The summed E-state index contributed by atoms with van der Waals surface area (Å²) in [6.07, 6.45) is -1.06. The van der Waals surface area contributed by atoms with E-state index in [9.17, 15) is 31.9 Å². The number of β-amino-alcohol motifs (C(OH)–C–C–N with tert-alkyl or cyclic N) is 1. The fourth-order valence-corrected chi connectivity index (χ4v) is 6.07. The molecule has 218 valence electrons. The highest BCUT2D eigenvalue weighted by atomic mass is 19.4. The third-order valence-electron chi connectivity index (χ3n) is 8.76. The maximum atomic E-state index is 14.9. The van der Waals surface area contributed by atoms with Crippen LogP contribution in [-0.2, 0) is 0 Å². The van der Waals surface area contributed by atoms with E-state index in [-0.39, 0.29) is 61.2 Å². The second-order valence-corrected chi connectivity index (χ2v) is 11.5. The van der Waals surface area contributed by atoms with Crippen LogP contribution in [-0.4, -0.2) is 72.4 Å². The molecular formula is C30H35F5N2O3. The maximum absolute atomic E-state index is 14.9. The first-order valence-corrected chi connectivity index (χ1v) is 14.0. The van der Waals surface area contributed by atoms with Gasteiger partial charge in [0.25, 0.3) is 5.91 Å². The van der Waals surface area contributed by atoms with Crippen LogP contribution in [0.5, 0.6) is 5.75 Å². The van der Waals surface area contributed by atoms with Crippen LogP contribution in [0.25, 0.3) is 11.1 Å². The molecule has 1 saturated carbocycles. The molecule has 1 N–H and O–H groups in total. The van der Waals surface area contributed by atoms with Gasteiger partial charge in [0.2, 0.25) is 0 Å². The van der Waals surface area contributed by atoms with Crippen LogP contribution in [0, 0.1) is 23.0 Å². The molecule has 1 unspecified atom stereocenters. The van der Waals surface area contributed by atoms with E-state index in [2.05, 4.69) is 0 Å². The van der Waals surface area contributed by atoms with Crippen molar-refractivity contribution in [3.8, 4) is 16.9 Å². The van der Waals surface area contributed by atoms with Gasteiger partial charge in [0.1, 0.15) is 5.82 Å². The average Bonchev–Trinajstić information content (AvgIpc) is 2.89. The number of carbonyl (C=O) groups excluding carboxylic acids is 1. The van der Waals surface area contributed by atoms with Crippen LogP contribution in [0.2, 0.25) is 0 Å². The molecule has 0 bridgehead atoms. The van der Waals surface area contributed by atoms with Crippen molar-refractivity contribution in [3.63, 3.8) is 0 Å². The Bertz CT molecular complexity index is 1210. The van der Waals surface area contributed by atoms with Crippen molar-refractivity contribution in [2.45, 2.75) is 57.2 Å². The van der Waals surface area contributed by atoms with Crippen molar-refractivity contribution < 1.29 is 36.6 Å². The number of amides is 1. The molecule has 1 atom stereocenters. The number of aliphatic hydroxyl groups is 1. The number of halogens is 5. The van der Waals surface area contributed by atoms with Crippen molar-refractivity contribution in [1.29, 1.82) is 0 Å². The predicted molar refractivity (Wildman–Crippen MR) is 140 cm³/mol. The second kappa shape index (κ2) is 11.6. The van der Waals surface area contributed by atoms with Crippen molar-refractivity contribution >= 4 is 5.91 Å². The minimum absolute atomic E-state index is 0.0348. The summed E-state index contributed by atoms with van der Waals surface area (Å²) in [4.78, 5) is 16.1. The third kappa shape index (κ3) is 6.12. The molecule has 2 aromatic rings. The van der Waals surface area contributed by atoms with Crippen LogP contribution in [0.1, 0.15) is 55.3 Å². The highest BCUT2D eigenvalue weighted by Gasteiger charge is 2.58. The fraction of sp³-hybridized carbons (Fsp3) is 0.567. The number of carbonyl (C=O) groups is 1. The number of hydrogen-bond donors (Lipinski definition) is 1. The molecule has 2 saturated heterocycles. The lowest BCUT2D eigenvalue weighted by Crippen LogP contribution is -2.53. The Morgan fingerprint density at radius 3 is 2.33 bits per heavy atom. The van der Waals surface area contributed by atoms with Gasteiger partial charge in [-0.3, -0.25) is 4.79 Å². The Labute approximate surface area is 230 Å². The van der Waals surface area contributed by atoms with E-state index in [0.29, 0.717) is 57.3 Å². The summed E-state index contributed by atoms with van der Waals surface area (Å²) in [7, 11) is 0. The van der Waals surface area contributed by atoms with Gasteiger partial charge in [-0.1, -0.05) is 18.6 Å². The zero-order valence-electron chi connectivity index (χ0n) is 22.4. The van der Waals surface area contributed by atoms with Crippen LogP contribution >= 0.6 is 0 Å². The molecule has 3 aliphatic rings. The van der Waals surface area contributed by atoms with Gasteiger partial charge in [0, 0.05) is 30.8 Å². The largest absolute Gasteiger partial charge is 0.490 e. The smallest absolute Gasteiger partial charge is 0.395 e. The molecular weight excluding hydrogens is 531 g/mol. The lowest BCUT2D eigenvalue weighted by molar-refractivity contribution is -0.256. The Morgan fingerprint density at radius 1 is 0.975 bits per heavy atom. The molecule has 2 heterocycles. The van der Waals surface area contributed by atoms with E-state index >= 15 is 0 Å². The van der Waals surface area contributed by atoms with Gasteiger partial charge < -0.3 is 19.6 Å². The number of hydrogen-bond acceptors (Lipinski definition) is 4. The number of piperidine rings is 2. The van der Waals surface area contributed by atoms with Gasteiger partial charge in [-0.25, -0.2) is 8.78 Å². The molecule has 2 aromatic carbocycles. The molecule has 3 fully saturated rings. The first-order chi connectivity index (χ1) is 19.0. The van der Waals surface area contributed by atoms with Gasteiger partial charge in [-0.05, 0) is 87.4 Å². The quantitative estimate of drug-likeness (QED) is 0.415. The standard InChI is InChI=1S/C30H35F5N2O3/c31-25-16-22(28(39)37-12-1-3-23(38)17-37)4-6-24(25)21-5-7-27(26(32)15-21)40-18-20-8-13-36(14-9-20)19-29(10-2-11-29)30(33,34)35/h4-7,15-16,20,23,38H,1-3,8-14,17-19H2. The summed E-state index contributed by atoms with van der Waals surface area (Å²) >= 11 is 0. The molecule has 0 aromatic heterocycles. The van der Waals surface area contributed by atoms with Gasteiger partial charge in [0.15, 0.2) is 11.6 Å². The van der Waals surface area contributed by atoms with Crippen LogP contribution in [0.15, 0.2) is 36.4 Å². The summed E-state index contributed by atoms with van der Waals surface area (Å²) in [6, 6.07) is 8.26. The highest BCUT2D eigenvalue weighted by Crippen LogP contribution is 2.53. The summed E-state index contributed by atoms with van der Waals surface area (Å²) < 4.78 is 76.0. The molecule has 2 aliphatic heterocycles. The lowest BCUT2D eigenvalue weighted by Gasteiger charge is -2.47. The molecule has 5 rings (SSSR count). The number of alkyl halides is 3. The summed E-state index contributed by atoms with van der Waals surface area (Å²) in [5.41, 5.74) is -0.940. The van der Waals surface area contributed by atoms with E-state index in [4.69, 9.17) is 4.74 Å². The summed E-state index contributed by atoms with van der Waals surface area (Å²) in [5.74, 6) is -1.51. The number of rotatable bonds is 7. The Kier molecular flexibility index (Phi) is 8.38. The van der Waals surface area contributed by atoms with Crippen molar-refractivity contribution in [1.82, 2.24) is 9.80 Å². The number of ether oxygens (including phenoxy) is 1. The van der Waals surface area contributed by atoms with E-state index in [1.807, 2.05) is 4.90 Å². The first-order valence-electron chi connectivity index (χ1n) is 14.0. The molecule has 0 radical (unpaired) electrons.